The van der Waals surface area contributed by atoms with Crippen LogP contribution in [0.4, 0.5) is 26.2 Å². The number of nitrogens with one attached hydrogen (secondary N) is 3. The number of aromatic nitrogens is 4. The molecule has 2 aromatic heterocycles. The smallest absolute Gasteiger partial charge is 0.226 e. The summed E-state index contributed by atoms with van der Waals surface area (Å²) in [6, 6.07) is 3.28. The van der Waals surface area contributed by atoms with E-state index in [0.29, 0.717) is 29.5 Å². The molecule has 0 saturated heterocycles. The minimum absolute atomic E-state index is 0.119. The zero-order valence-electron chi connectivity index (χ0n) is 11.1. The molecule has 3 N–H and O–H groups in total. The summed E-state index contributed by atoms with van der Waals surface area (Å²) in [6.07, 6.45) is 1.47. The number of anilines is 3. The van der Waals surface area contributed by atoms with Crippen LogP contribution in [0.1, 0.15) is 6.92 Å². The van der Waals surface area contributed by atoms with E-state index in [9.17, 15) is 8.78 Å². The monoisotopic (exact) mass is 290 g/mol. The van der Waals surface area contributed by atoms with Crippen LogP contribution >= 0.6 is 0 Å². The molecule has 0 aliphatic heterocycles. The van der Waals surface area contributed by atoms with Gasteiger partial charge in [-0.3, -0.25) is 0 Å². The highest BCUT2D eigenvalue weighted by Crippen LogP contribution is 2.24. The van der Waals surface area contributed by atoms with Crippen LogP contribution in [0, 0.1) is 11.6 Å². The van der Waals surface area contributed by atoms with E-state index in [0.717, 1.165) is 6.07 Å². The molecule has 0 bridgehead atoms. The lowest BCUT2D eigenvalue weighted by Crippen LogP contribution is -2.05. The van der Waals surface area contributed by atoms with Gasteiger partial charge in [0.15, 0.2) is 11.5 Å². The minimum atomic E-state index is -0.703. The first-order chi connectivity index (χ1) is 10.2. The number of aromatic amines is 1. The second-order valence-corrected chi connectivity index (χ2v) is 4.28. The van der Waals surface area contributed by atoms with Gasteiger partial charge in [-0.25, -0.2) is 13.8 Å². The van der Waals surface area contributed by atoms with Crippen LogP contribution in [-0.2, 0) is 0 Å². The highest BCUT2D eigenvalue weighted by molar-refractivity contribution is 5.86. The van der Waals surface area contributed by atoms with E-state index in [1.807, 2.05) is 6.92 Å². The molecule has 0 aliphatic rings. The molecule has 3 rings (SSSR count). The van der Waals surface area contributed by atoms with Crippen LogP contribution in [0.2, 0.25) is 0 Å². The Morgan fingerprint density at radius 3 is 2.86 bits per heavy atom. The Hall–Kier alpha value is -2.77. The van der Waals surface area contributed by atoms with E-state index < -0.39 is 11.6 Å². The van der Waals surface area contributed by atoms with Crippen LogP contribution in [0.25, 0.3) is 11.2 Å². The first-order valence-corrected chi connectivity index (χ1v) is 6.34. The first kappa shape index (κ1) is 13.2. The van der Waals surface area contributed by atoms with E-state index in [-0.39, 0.29) is 5.69 Å². The number of halogens is 2. The lowest BCUT2D eigenvalue weighted by atomic mass is 10.3. The number of H-pyrrole nitrogens is 1. The normalized spacial score (nSPS) is 10.8. The zero-order valence-corrected chi connectivity index (χ0v) is 11.1. The van der Waals surface area contributed by atoms with Gasteiger partial charge in [-0.1, -0.05) is 0 Å². The summed E-state index contributed by atoms with van der Waals surface area (Å²) in [7, 11) is 0. The second kappa shape index (κ2) is 5.31. The Bertz CT molecular complexity index is 785. The number of imidazole rings is 1. The topological polar surface area (TPSA) is 78.5 Å². The summed E-state index contributed by atoms with van der Waals surface area (Å²) < 4.78 is 26.7. The number of hydrogen-bond donors (Lipinski definition) is 3. The predicted molar refractivity (Wildman–Crippen MR) is 75.5 cm³/mol. The van der Waals surface area contributed by atoms with Crippen molar-refractivity contribution < 1.29 is 8.78 Å². The Balaban J connectivity index is 2.04. The molecule has 0 radical (unpaired) electrons. The van der Waals surface area contributed by atoms with Crippen molar-refractivity contribution in [2.45, 2.75) is 6.92 Å². The maximum absolute atomic E-state index is 13.7. The maximum Gasteiger partial charge on any atom is 0.226 e. The average Bonchev–Trinajstić information content (AvgIpc) is 2.91. The number of fused-ring (bicyclic) bond motifs is 1. The maximum atomic E-state index is 13.7. The molecule has 1 aromatic carbocycles. The van der Waals surface area contributed by atoms with Crippen LogP contribution in [0.5, 0.6) is 0 Å². The quantitative estimate of drug-likeness (QED) is 0.688. The third kappa shape index (κ3) is 2.60. The van der Waals surface area contributed by atoms with Gasteiger partial charge >= 0.3 is 0 Å². The summed E-state index contributed by atoms with van der Waals surface area (Å²) >= 11 is 0. The Morgan fingerprint density at radius 1 is 1.24 bits per heavy atom. The summed E-state index contributed by atoms with van der Waals surface area (Å²) in [5, 5.41) is 5.79. The van der Waals surface area contributed by atoms with Gasteiger partial charge in [-0.05, 0) is 19.1 Å². The zero-order chi connectivity index (χ0) is 14.8. The SMILES string of the molecule is CCNc1nc(Nc2ccc(F)cc2F)c2[nH]cnc2n1. The van der Waals surface area contributed by atoms with Crippen molar-refractivity contribution in [3.05, 3.63) is 36.2 Å². The highest BCUT2D eigenvalue weighted by Gasteiger charge is 2.12. The molecule has 0 amide bonds. The molecule has 6 nitrogen and oxygen atoms in total. The minimum Gasteiger partial charge on any atom is -0.354 e. The van der Waals surface area contributed by atoms with Crippen LogP contribution in [0.15, 0.2) is 24.5 Å². The fourth-order valence-corrected chi connectivity index (χ4v) is 1.88. The Kier molecular flexibility index (Phi) is 3.35. The van der Waals surface area contributed by atoms with Crippen molar-refractivity contribution in [3.63, 3.8) is 0 Å². The summed E-state index contributed by atoms with van der Waals surface area (Å²) in [5.74, 6) is -0.604. The van der Waals surface area contributed by atoms with E-state index >= 15 is 0 Å². The lowest BCUT2D eigenvalue weighted by Gasteiger charge is -2.09. The van der Waals surface area contributed by atoms with Crippen LogP contribution in [0.3, 0.4) is 0 Å². The van der Waals surface area contributed by atoms with Gasteiger partial charge < -0.3 is 15.6 Å². The van der Waals surface area contributed by atoms with Gasteiger partial charge in [0.1, 0.15) is 17.2 Å². The molecule has 3 aromatic rings. The molecule has 8 heteroatoms. The number of benzene rings is 1. The first-order valence-electron chi connectivity index (χ1n) is 6.34. The molecule has 0 fully saturated rings. The largest absolute Gasteiger partial charge is 0.354 e. The van der Waals surface area contributed by atoms with Gasteiger partial charge in [0.25, 0.3) is 0 Å². The van der Waals surface area contributed by atoms with Crippen molar-refractivity contribution in [1.82, 2.24) is 19.9 Å². The number of hydrogen-bond acceptors (Lipinski definition) is 5. The van der Waals surface area contributed by atoms with E-state index in [1.165, 1.54) is 18.5 Å². The summed E-state index contributed by atoms with van der Waals surface area (Å²) in [6.45, 7) is 2.55. The van der Waals surface area contributed by atoms with Crippen molar-refractivity contribution in [2.75, 3.05) is 17.2 Å². The van der Waals surface area contributed by atoms with E-state index in [1.54, 1.807) is 0 Å². The lowest BCUT2D eigenvalue weighted by molar-refractivity contribution is 0.586. The second-order valence-electron chi connectivity index (χ2n) is 4.28. The molecule has 108 valence electrons. The van der Waals surface area contributed by atoms with E-state index in [4.69, 9.17) is 0 Å². The molecular weight excluding hydrogens is 278 g/mol. The third-order valence-corrected chi connectivity index (χ3v) is 2.80. The molecule has 0 saturated carbocycles. The molecule has 0 atom stereocenters. The van der Waals surface area contributed by atoms with Gasteiger partial charge in [0.2, 0.25) is 5.95 Å². The summed E-state index contributed by atoms with van der Waals surface area (Å²) in [4.78, 5) is 15.4. The Morgan fingerprint density at radius 2 is 2.10 bits per heavy atom. The molecule has 0 spiro atoms. The highest BCUT2D eigenvalue weighted by atomic mass is 19.1. The predicted octanol–water partition coefficient (Wildman–Crippen LogP) is 2.81. The molecular formula is C13H12F2N6. The van der Waals surface area contributed by atoms with Crippen LogP contribution < -0.4 is 10.6 Å². The van der Waals surface area contributed by atoms with Gasteiger partial charge in [-0.15, -0.1) is 0 Å². The fraction of sp³-hybridized carbons (Fsp3) is 0.154. The van der Waals surface area contributed by atoms with Gasteiger partial charge in [0.05, 0.1) is 12.0 Å². The van der Waals surface area contributed by atoms with Crippen molar-refractivity contribution in [2.24, 2.45) is 0 Å². The summed E-state index contributed by atoms with van der Waals surface area (Å²) in [5.41, 5.74) is 1.11. The standard InChI is InChI=1S/C13H12F2N6/c1-2-16-13-20-11-10(17-6-18-11)12(21-13)19-9-4-3-7(14)5-8(9)15/h3-6H,2H2,1H3,(H3,16,17,18,19,20,21). The molecule has 0 unspecified atom stereocenters. The molecule has 0 aliphatic carbocycles. The van der Waals surface area contributed by atoms with E-state index in [2.05, 4.69) is 30.6 Å². The number of rotatable bonds is 4. The van der Waals surface area contributed by atoms with Crippen molar-refractivity contribution >= 4 is 28.6 Å². The number of nitrogens with zero attached hydrogens (tertiary/aromatic N) is 3. The van der Waals surface area contributed by atoms with Crippen molar-refractivity contribution in [3.8, 4) is 0 Å². The average molecular weight is 290 g/mol. The van der Waals surface area contributed by atoms with Gasteiger partial charge in [0, 0.05) is 12.6 Å². The van der Waals surface area contributed by atoms with Gasteiger partial charge in [-0.2, -0.15) is 9.97 Å². The Labute approximate surface area is 118 Å². The van der Waals surface area contributed by atoms with Crippen LogP contribution in [-0.4, -0.2) is 26.5 Å². The molecule has 2 heterocycles. The fourth-order valence-electron chi connectivity index (χ4n) is 1.88. The third-order valence-electron chi connectivity index (χ3n) is 2.80. The molecule has 21 heavy (non-hydrogen) atoms. The van der Waals surface area contributed by atoms with Crippen molar-refractivity contribution in [1.29, 1.82) is 0 Å².